The Hall–Kier alpha value is -4.13. The van der Waals surface area contributed by atoms with Crippen molar-refractivity contribution in [3.63, 3.8) is 0 Å². The van der Waals surface area contributed by atoms with E-state index in [1.807, 2.05) is 99.6 Å². The van der Waals surface area contributed by atoms with Crippen molar-refractivity contribution in [2.75, 3.05) is 11.9 Å². The molecule has 0 saturated heterocycles. The van der Waals surface area contributed by atoms with E-state index in [2.05, 4.69) is 10.6 Å². The van der Waals surface area contributed by atoms with Crippen LogP contribution in [-0.4, -0.2) is 41.0 Å². The summed E-state index contributed by atoms with van der Waals surface area (Å²) in [4.78, 5) is 43.1. The molecule has 218 valence electrons. The molecule has 0 aromatic heterocycles. The van der Waals surface area contributed by atoms with E-state index in [-0.39, 0.29) is 18.2 Å². The average molecular weight is 558 g/mol. The SMILES string of the molecule is CCCCN(C(=O)C(Cc1ccccc1)NC(=O)OC(C)(C)C)C(C(=O)Nc1ccccc1C)c1ccccc1C. The zero-order chi connectivity index (χ0) is 30.0. The van der Waals surface area contributed by atoms with Crippen LogP contribution in [0.4, 0.5) is 10.5 Å². The minimum Gasteiger partial charge on any atom is -0.444 e. The first kappa shape index (κ1) is 31.4. The number of carbonyl (C=O) groups is 3. The second kappa shape index (κ2) is 14.5. The van der Waals surface area contributed by atoms with Gasteiger partial charge >= 0.3 is 6.09 Å². The number of aryl methyl sites for hydroxylation is 2. The minimum atomic E-state index is -0.943. The van der Waals surface area contributed by atoms with Gasteiger partial charge in [-0.1, -0.05) is 86.1 Å². The molecule has 0 radical (unpaired) electrons. The number of unbranched alkanes of at least 4 members (excludes halogenated alkanes) is 1. The third-order valence-corrected chi connectivity index (χ3v) is 6.75. The largest absolute Gasteiger partial charge is 0.444 e. The molecule has 3 rings (SSSR count). The van der Waals surface area contributed by atoms with Crippen LogP contribution in [0.15, 0.2) is 78.9 Å². The highest BCUT2D eigenvalue weighted by Gasteiger charge is 2.37. The lowest BCUT2D eigenvalue weighted by Crippen LogP contribution is -2.53. The molecule has 3 amide bonds. The summed E-state index contributed by atoms with van der Waals surface area (Å²) in [6.45, 7) is 11.6. The van der Waals surface area contributed by atoms with E-state index in [4.69, 9.17) is 4.74 Å². The van der Waals surface area contributed by atoms with E-state index in [0.717, 1.165) is 28.7 Å². The maximum atomic E-state index is 14.5. The molecule has 41 heavy (non-hydrogen) atoms. The van der Waals surface area contributed by atoms with Crippen LogP contribution in [-0.2, 0) is 20.7 Å². The lowest BCUT2D eigenvalue weighted by Gasteiger charge is -2.35. The summed E-state index contributed by atoms with van der Waals surface area (Å²) in [7, 11) is 0. The highest BCUT2D eigenvalue weighted by molar-refractivity contribution is 5.99. The molecule has 7 heteroatoms. The van der Waals surface area contributed by atoms with E-state index in [1.54, 1.807) is 25.7 Å². The summed E-state index contributed by atoms with van der Waals surface area (Å²) in [6.07, 6.45) is 1.09. The maximum absolute atomic E-state index is 14.5. The van der Waals surface area contributed by atoms with Crippen molar-refractivity contribution < 1.29 is 19.1 Å². The van der Waals surface area contributed by atoms with Crippen molar-refractivity contribution in [3.8, 4) is 0 Å². The van der Waals surface area contributed by atoms with Crippen molar-refractivity contribution in [1.29, 1.82) is 0 Å². The molecule has 0 aliphatic carbocycles. The third-order valence-electron chi connectivity index (χ3n) is 6.75. The van der Waals surface area contributed by atoms with Gasteiger partial charge in [0.25, 0.3) is 5.91 Å². The predicted molar refractivity (Wildman–Crippen MR) is 164 cm³/mol. The molecular weight excluding hydrogens is 514 g/mol. The molecule has 0 fully saturated rings. The van der Waals surface area contributed by atoms with Crippen LogP contribution < -0.4 is 10.6 Å². The fourth-order valence-corrected chi connectivity index (χ4v) is 4.65. The molecule has 3 aromatic carbocycles. The van der Waals surface area contributed by atoms with E-state index < -0.39 is 23.8 Å². The van der Waals surface area contributed by atoms with Gasteiger partial charge in [0, 0.05) is 18.7 Å². The molecular formula is C34H43N3O4. The van der Waals surface area contributed by atoms with E-state index >= 15 is 0 Å². The Labute approximate surface area is 244 Å². The molecule has 7 nitrogen and oxygen atoms in total. The lowest BCUT2D eigenvalue weighted by atomic mass is 9.96. The number of hydrogen-bond donors (Lipinski definition) is 2. The first-order chi connectivity index (χ1) is 19.5. The standard InChI is InChI=1S/C34H43N3O4/c1-7-8-22-37(32(39)29(23-26-18-10-9-11-19-26)36-33(40)41-34(4,5)6)30(27-20-14-12-16-24(27)2)31(38)35-28-21-15-13-17-25(28)3/h9-21,29-30H,7-8,22-23H2,1-6H3,(H,35,38)(H,36,40). The number of para-hydroxylation sites is 1. The number of alkyl carbamates (subject to hydrolysis) is 1. The summed E-state index contributed by atoms with van der Waals surface area (Å²) in [5.41, 5.74) is 3.39. The van der Waals surface area contributed by atoms with Crippen LogP contribution in [0.5, 0.6) is 0 Å². The quantitative estimate of drug-likeness (QED) is 0.273. The highest BCUT2D eigenvalue weighted by Crippen LogP contribution is 2.28. The molecule has 0 aliphatic rings. The predicted octanol–water partition coefficient (Wildman–Crippen LogP) is 6.75. The number of benzene rings is 3. The zero-order valence-corrected chi connectivity index (χ0v) is 25.1. The Morgan fingerprint density at radius 1 is 0.854 bits per heavy atom. The number of anilines is 1. The molecule has 3 aromatic rings. The molecule has 0 bridgehead atoms. The number of ether oxygens (including phenoxy) is 1. The van der Waals surface area contributed by atoms with Crippen LogP contribution in [0.3, 0.4) is 0 Å². The maximum Gasteiger partial charge on any atom is 0.408 e. The average Bonchev–Trinajstić information content (AvgIpc) is 2.92. The number of rotatable bonds is 11. The molecule has 0 aliphatic heterocycles. The van der Waals surface area contributed by atoms with Gasteiger partial charge < -0.3 is 20.3 Å². The second-order valence-electron chi connectivity index (χ2n) is 11.3. The third kappa shape index (κ3) is 9.20. The number of amides is 3. The normalized spacial score (nSPS) is 12.6. The van der Waals surface area contributed by atoms with Crippen molar-refractivity contribution in [1.82, 2.24) is 10.2 Å². The fourth-order valence-electron chi connectivity index (χ4n) is 4.65. The van der Waals surface area contributed by atoms with E-state index in [1.165, 1.54) is 0 Å². The van der Waals surface area contributed by atoms with Crippen LogP contribution >= 0.6 is 0 Å². The Kier molecular flexibility index (Phi) is 11.1. The number of carbonyl (C=O) groups excluding carboxylic acids is 3. The second-order valence-corrected chi connectivity index (χ2v) is 11.3. The van der Waals surface area contributed by atoms with Crippen molar-refractivity contribution >= 4 is 23.6 Å². The van der Waals surface area contributed by atoms with E-state index in [0.29, 0.717) is 18.7 Å². The van der Waals surface area contributed by atoms with Crippen molar-refractivity contribution in [3.05, 3.63) is 101 Å². The van der Waals surface area contributed by atoms with E-state index in [9.17, 15) is 14.4 Å². The summed E-state index contributed by atoms with van der Waals surface area (Å²) in [5.74, 6) is -0.657. The van der Waals surface area contributed by atoms with Gasteiger partial charge in [0.2, 0.25) is 5.91 Å². The summed E-state index contributed by atoms with van der Waals surface area (Å²) in [6, 6.07) is 22.8. The monoisotopic (exact) mass is 557 g/mol. The highest BCUT2D eigenvalue weighted by atomic mass is 16.6. The van der Waals surface area contributed by atoms with Gasteiger partial charge in [0.1, 0.15) is 17.7 Å². The van der Waals surface area contributed by atoms with Gasteiger partial charge in [-0.05, 0) is 69.4 Å². The molecule has 0 saturated carbocycles. The lowest BCUT2D eigenvalue weighted by molar-refractivity contribution is -0.140. The van der Waals surface area contributed by atoms with Crippen LogP contribution in [0.25, 0.3) is 0 Å². The number of nitrogens with one attached hydrogen (secondary N) is 2. The summed E-state index contributed by atoms with van der Waals surface area (Å²) >= 11 is 0. The topological polar surface area (TPSA) is 87.7 Å². The van der Waals surface area contributed by atoms with Gasteiger partial charge in [0.05, 0.1) is 0 Å². The summed E-state index contributed by atoms with van der Waals surface area (Å²) < 4.78 is 5.52. The van der Waals surface area contributed by atoms with Gasteiger partial charge in [-0.15, -0.1) is 0 Å². The van der Waals surface area contributed by atoms with Crippen LogP contribution in [0, 0.1) is 13.8 Å². The molecule has 2 N–H and O–H groups in total. The summed E-state index contributed by atoms with van der Waals surface area (Å²) in [5, 5.41) is 5.88. The van der Waals surface area contributed by atoms with Crippen LogP contribution in [0.1, 0.15) is 68.8 Å². The number of hydrogen-bond acceptors (Lipinski definition) is 4. The first-order valence-corrected chi connectivity index (χ1v) is 14.3. The van der Waals surface area contributed by atoms with Gasteiger partial charge in [-0.25, -0.2) is 4.79 Å². The molecule has 0 spiro atoms. The van der Waals surface area contributed by atoms with Crippen molar-refractivity contribution in [2.24, 2.45) is 0 Å². The number of nitrogens with zero attached hydrogens (tertiary/aromatic N) is 1. The van der Waals surface area contributed by atoms with Gasteiger partial charge in [-0.3, -0.25) is 9.59 Å². The zero-order valence-electron chi connectivity index (χ0n) is 25.1. The van der Waals surface area contributed by atoms with Crippen LogP contribution in [0.2, 0.25) is 0 Å². The molecule has 2 unspecified atom stereocenters. The first-order valence-electron chi connectivity index (χ1n) is 14.3. The Morgan fingerprint density at radius 2 is 1.46 bits per heavy atom. The Morgan fingerprint density at radius 3 is 2.07 bits per heavy atom. The van der Waals surface area contributed by atoms with Crippen molar-refractivity contribution in [2.45, 2.75) is 78.5 Å². The molecule has 2 atom stereocenters. The fraction of sp³-hybridized carbons (Fsp3) is 0.382. The molecule has 0 heterocycles. The Balaban J connectivity index is 2.07. The Bertz CT molecular complexity index is 1320. The van der Waals surface area contributed by atoms with Gasteiger partial charge in [-0.2, -0.15) is 0 Å². The minimum absolute atomic E-state index is 0.251. The smallest absolute Gasteiger partial charge is 0.408 e. The van der Waals surface area contributed by atoms with Gasteiger partial charge in [0.15, 0.2) is 0 Å².